The quantitative estimate of drug-likeness (QED) is 0.402. The highest BCUT2D eigenvalue weighted by molar-refractivity contribution is 5.71. The van der Waals surface area contributed by atoms with Gasteiger partial charge in [-0.2, -0.15) is 0 Å². The minimum atomic E-state index is -0.449. The lowest BCUT2D eigenvalue weighted by molar-refractivity contribution is -0.0196. The molecule has 4 aliphatic rings. The van der Waals surface area contributed by atoms with Crippen LogP contribution < -0.4 is 10.1 Å². The number of anilines is 2. The van der Waals surface area contributed by atoms with Crippen LogP contribution in [0.2, 0.25) is 0 Å². The first kappa shape index (κ1) is 30.6. The summed E-state index contributed by atoms with van der Waals surface area (Å²) in [6, 6.07) is 7.13. The lowest BCUT2D eigenvalue weighted by Crippen LogP contribution is -2.62. The maximum atomic E-state index is 12.3. The van der Waals surface area contributed by atoms with Gasteiger partial charge in [-0.3, -0.25) is 4.90 Å². The van der Waals surface area contributed by atoms with Gasteiger partial charge < -0.3 is 24.4 Å². The molecule has 0 saturated carbocycles. The number of carbonyl (C=O) groups excluding carboxylic acids is 1. The van der Waals surface area contributed by atoms with Crippen molar-refractivity contribution in [2.45, 2.75) is 104 Å². The van der Waals surface area contributed by atoms with E-state index in [4.69, 9.17) is 19.2 Å². The third-order valence-electron chi connectivity index (χ3n) is 9.02. The Bertz CT molecular complexity index is 1250. The minimum absolute atomic E-state index is 0. The van der Waals surface area contributed by atoms with Crippen LogP contribution in [0.15, 0.2) is 24.4 Å². The molecule has 0 radical (unpaired) electrons. The number of nitrogens with one attached hydrogen (secondary N) is 1. The van der Waals surface area contributed by atoms with E-state index in [-0.39, 0.29) is 13.6 Å². The van der Waals surface area contributed by atoms with Crippen LogP contribution in [-0.2, 0) is 9.47 Å². The van der Waals surface area contributed by atoms with Gasteiger partial charge >= 0.3 is 6.09 Å². The summed E-state index contributed by atoms with van der Waals surface area (Å²) in [6.45, 7) is 19.4. The molecular formula is C34H52N4O4. The maximum absolute atomic E-state index is 12.3. The van der Waals surface area contributed by atoms with E-state index < -0.39 is 5.60 Å². The van der Waals surface area contributed by atoms with Crippen molar-refractivity contribution in [3.05, 3.63) is 46.6 Å². The lowest BCUT2D eigenvalue weighted by Gasteiger charge is -2.47. The molecule has 1 atom stereocenters. The van der Waals surface area contributed by atoms with Crippen molar-refractivity contribution >= 4 is 17.6 Å². The first-order valence-electron chi connectivity index (χ1n) is 16.0. The van der Waals surface area contributed by atoms with Gasteiger partial charge in [0.2, 0.25) is 0 Å². The molecule has 1 unspecified atom stereocenters. The van der Waals surface area contributed by atoms with Crippen LogP contribution in [0.5, 0.6) is 5.75 Å². The SMILES string of the molecule is CC.Cc1cc2c(cc1C1CCN(C3CN(C(=O)OC(C)(C)C)C3)CC1)Nc1nccc(C3CCOCC3)c1C(C)O2.[HH]. The Hall–Kier alpha value is -2.84. The molecule has 4 aliphatic heterocycles. The Kier molecular flexibility index (Phi) is 9.33. The van der Waals surface area contributed by atoms with Gasteiger partial charge in [0.15, 0.2) is 0 Å². The topological polar surface area (TPSA) is 76.2 Å². The van der Waals surface area contributed by atoms with Gasteiger partial charge in [-0.15, -0.1) is 0 Å². The second kappa shape index (κ2) is 12.8. The molecule has 1 N–H and O–H groups in total. The number of hydrogen-bond acceptors (Lipinski definition) is 7. The van der Waals surface area contributed by atoms with Crippen molar-refractivity contribution in [1.29, 1.82) is 0 Å². The van der Waals surface area contributed by atoms with Crippen LogP contribution in [0.25, 0.3) is 0 Å². The molecule has 1 aromatic heterocycles. The number of aromatic nitrogens is 1. The number of amides is 1. The Labute approximate surface area is 253 Å². The van der Waals surface area contributed by atoms with Crippen LogP contribution in [0.1, 0.15) is 109 Å². The van der Waals surface area contributed by atoms with Gasteiger partial charge in [0.25, 0.3) is 0 Å². The number of benzene rings is 1. The predicted octanol–water partition coefficient (Wildman–Crippen LogP) is 7.55. The van der Waals surface area contributed by atoms with E-state index >= 15 is 0 Å². The van der Waals surface area contributed by atoms with Crippen LogP contribution in [-0.4, -0.2) is 71.9 Å². The van der Waals surface area contributed by atoms with E-state index in [1.54, 1.807) is 0 Å². The summed E-state index contributed by atoms with van der Waals surface area (Å²) >= 11 is 0. The molecular weight excluding hydrogens is 528 g/mol. The third-order valence-corrected chi connectivity index (χ3v) is 9.02. The third kappa shape index (κ3) is 6.55. The molecule has 6 rings (SSSR count). The fourth-order valence-electron chi connectivity index (χ4n) is 6.83. The lowest BCUT2D eigenvalue weighted by atomic mass is 9.85. The normalized spacial score (nSPS) is 21.9. The number of rotatable bonds is 3. The number of likely N-dealkylation sites (tertiary alicyclic amines) is 2. The zero-order valence-corrected chi connectivity index (χ0v) is 26.7. The smallest absolute Gasteiger partial charge is 0.410 e. The van der Waals surface area contributed by atoms with Crippen molar-refractivity contribution in [2.24, 2.45) is 0 Å². The number of hydrogen-bond donors (Lipinski definition) is 1. The highest BCUT2D eigenvalue weighted by atomic mass is 16.6. The molecule has 0 aliphatic carbocycles. The number of piperidine rings is 1. The molecule has 2 aromatic rings. The maximum Gasteiger partial charge on any atom is 0.410 e. The standard InChI is InChI=1S/C32H44N4O4.C2H6.H2/c1-20-16-28-27(34-30-29(21(2)39-28)25(6-11-33-30)23-9-14-38-15-10-23)17-26(20)22-7-12-35(13-8-22)24-18-36(19-24)31(37)40-32(3,4)5;1-2;/h6,11,16-17,21-24H,7-10,12-15,18-19H2,1-5H3,(H,33,34);1-2H3;1H. The summed E-state index contributed by atoms with van der Waals surface area (Å²) in [6.07, 6.45) is 5.97. The van der Waals surface area contributed by atoms with Gasteiger partial charge in [0, 0.05) is 45.5 Å². The molecule has 3 fully saturated rings. The molecule has 8 heteroatoms. The number of pyridine rings is 1. The number of nitrogens with zero attached hydrogens (tertiary/aromatic N) is 3. The zero-order chi connectivity index (χ0) is 30.0. The van der Waals surface area contributed by atoms with Crippen molar-refractivity contribution in [2.75, 3.05) is 44.7 Å². The van der Waals surface area contributed by atoms with Gasteiger partial charge in [0.1, 0.15) is 23.3 Å². The fourth-order valence-corrected chi connectivity index (χ4v) is 6.83. The molecule has 8 nitrogen and oxygen atoms in total. The van der Waals surface area contributed by atoms with Crippen molar-refractivity contribution in [1.82, 2.24) is 14.8 Å². The zero-order valence-electron chi connectivity index (χ0n) is 26.7. The molecule has 0 spiro atoms. The van der Waals surface area contributed by atoms with Crippen LogP contribution in [0.3, 0.4) is 0 Å². The Morgan fingerprint density at radius 3 is 2.38 bits per heavy atom. The molecule has 0 bridgehead atoms. The fraction of sp³-hybridized carbons (Fsp3) is 0.647. The van der Waals surface area contributed by atoms with Crippen LogP contribution >= 0.6 is 0 Å². The summed E-state index contributed by atoms with van der Waals surface area (Å²) < 4.78 is 17.7. The van der Waals surface area contributed by atoms with E-state index in [0.717, 1.165) is 82.3 Å². The summed E-state index contributed by atoms with van der Waals surface area (Å²) in [5.74, 6) is 2.80. The van der Waals surface area contributed by atoms with Crippen LogP contribution in [0, 0.1) is 6.92 Å². The summed E-state index contributed by atoms with van der Waals surface area (Å²) in [7, 11) is 0. The van der Waals surface area contributed by atoms with Crippen molar-refractivity contribution in [3.8, 4) is 5.75 Å². The summed E-state index contributed by atoms with van der Waals surface area (Å²) in [5, 5.41) is 3.67. The number of aryl methyl sites for hydroxylation is 1. The van der Waals surface area contributed by atoms with Gasteiger partial charge in [0.05, 0.1) is 5.69 Å². The van der Waals surface area contributed by atoms with E-state index in [1.807, 2.05) is 45.7 Å². The summed E-state index contributed by atoms with van der Waals surface area (Å²) in [5.41, 5.74) is 5.77. The molecule has 3 saturated heterocycles. The Morgan fingerprint density at radius 2 is 1.71 bits per heavy atom. The minimum Gasteiger partial charge on any atom is -0.484 e. The first-order chi connectivity index (χ1) is 20.2. The van der Waals surface area contributed by atoms with Gasteiger partial charge in [-0.25, -0.2) is 9.78 Å². The van der Waals surface area contributed by atoms with E-state index in [9.17, 15) is 4.79 Å². The Balaban J connectivity index is 0.00000138. The molecule has 5 heterocycles. The molecule has 42 heavy (non-hydrogen) atoms. The van der Waals surface area contributed by atoms with E-state index in [0.29, 0.717) is 17.9 Å². The second-order valence-corrected chi connectivity index (χ2v) is 13.0. The number of fused-ring (bicyclic) bond motifs is 2. The highest BCUT2D eigenvalue weighted by Gasteiger charge is 2.38. The molecule has 1 aromatic carbocycles. The van der Waals surface area contributed by atoms with Crippen molar-refractivity contribution in [3.63, 3.8) is 0 Å². The summed E-state index contributed by atoms with van der Waals surface area (Å²) in [4.78, 5) is 21.5. The van der Waals surface area contributed by atoms with Gasteiger partial charge in [-0.1, -0.05) is 13.8 Å². The first-order valence-corrected chi connectivity index (χ1v) is 16.0. The number of ether oxygens (including phenoxy) is 3. The predicted molar refractivity (Wildman–Crippen MR) is 169 cm³/mol. The largest absolute Gasteiger partial charge is 0.484 e. The Morgan fingerprint density at radius 1 is 1.05 bits per heavy atom. The van der Waals surface area contributed by atoms with Crippen molar-refractivity contribution < 1.29 is 20.4 Å². The highest BCUT2D eigenvalue weighted by Crippen LogP contribution is 2.45. The molecule has 232 valence electrons. The van der Waals surface area contributed by atoms with Crippen LogP contribution in [0.4, 0.5) is 16.3 Å². The average molecular weight is 581 g/mol. The molecule has 1 amide bonds. The van der Waals surface area contributed by atoms with E-state index in [1.165, 1.54) is 22.3 Å². The van der Waals surface area contributed by atoms with E-state index in [2.05, 4.69) is 42.3 Å². The van der Waals surface area contributed by atoms with Gasteiger partial charge in [-0.05, 0) is 120 Å². The monoisotopic (exact) mass is 580 g/mol. The second-order valence-electron chi connectivity index (χ2n) is 13.0. The average Bonchev–Trinajstić information content (AvgIpc) is 3.08. The number of carbonyl (C=O) groups is 1.